The second-order valence-electron chi connectivity index (χ2n) is 3.43. The number of methoxy groups -OCH3 is 1. The summed E-state index contributed by atoms with van der Waals surface area (Å²) in [4.78, 5) is 11.2. The van der Waals surface area contributed by atoms with Crippen LogP contribution in [0.2, 0.25) is 0 Å². The largest absolute Gasteiger partial charge is 0.469 e. The first-order chi connectivity index (χ1) is 6.46. The molecule has 1 fully saturated rings. The lowest BCUT2D eigenvalue weighted by molar-refractivity contribution is -0.146. The molecule has 0 aliphatic heterocycles. The van der Waals surface area contributed by atoms with E-state index >= 15 is 0 Å². The average Bonchev–Trinajstić information content (AvgIpc) is 2.15. The topological polar surface area (TPSA) is 60.4 Å². The summed E-state index contributed by atoms with van der Waals surface area (Å²) in [5.41, 5.74) is 0. The summed E-state index contributed by atoms with van der Waals surface area (Å²) in [6.45, 7) is 0. The van der Waals surface area contributed by atoms with Gasteiger partial charge in [0, 0.05) is 0 Å². The standard InChI is InChI=1S/C8H13FO4S/c1-13-8(10)6-4-2-3-5-7(6)14(9,11)12/h6-7H,2-5H2,1H3/t6-,7-/m0/s1. The Morgan fingerprint density at radius 3 is 2.43 bits per heavy atom. The molecule has 0 aromatic heterocycles. The summed E-state index contributed by atoms with van der Waals surface area (Å²) < 4.78 is 38.7. The fraction of sp³-hybridized carbons (Fsp3) is 0.875. The molecule has 0 N–H and O–H groups in total. The Bertz CT molecular complexity index is 311. The number of hydrogen-bond acceptors (Lipinski definition) is 4. The van der Waals surface area contributed by atoms with E-state index in [1.54, 1.807) is 0 Å². The fourth-order valence-corrected chi connectivity index (χ4v) is 2.94. The second kappa shape index (κ2) is 4.25. The summed E-state index contributed by atoms with van der Waals surface area (Å²) in [6, 6.07) is 0. The maximum Gasteiger partial charge on any atom is 0.310 e. The summed E-state index contributed by atoms with van der Waals surface area (Å²) in [7, 11) is -3.45. The normalized spacial score (nSPS) is 28.4. The number of ether oxygens (including phenoxy) is 1. The van der Waals surface area contributed by atoms with Gasteiger partial charge in [-0.3, -0.25) is 4.79 Å². The second-order valence-corrected chi connectivity index (χ2v) is 4.98. The Balaban J connectivity index is 2.85. The third-order valence-electron chi connectivity index (χ3n) is 2.57. The lowest BCUT2D eigenvalue weighted by Crippen LogP contribution is -2.36. The van der Waals surface area contributed by atoms with Crippen LogP contribution in [-0.2, 0) is 19.8 Å². The van der Waals surface area contributed by atoms with E-state index < -0.39 is 27.4 Å². The van der Waals surface area contributed by atoms with Gasteiger partial charge in [0.25, 0.3) is 0 Å². The quantitative estimate of drug-likeness (QED) is 0.519. The Morgan fingerprint density at radius 1 is 1.36 bits per heavy atom. The van der Waals surface area contributed by atoms with Crippen LogP contribution in [0.5, 0.6) is 0 Å². The van der Waals surface area contributed by atoms with E-state index in [1.807, 2.05) is 0 Å². The molecule has 0 aromatic rings. The molecule has 82 valence electrons. The molecule has 0 spiro atoms. The molecule has 14 heavy (non-hydrogen) atoms. The van der Waals surface area contributed by atoms with E-state index in [2.05, 4.69) is 4.74 Å². The van der Waals surface area contributed by atoms with Crippen LogP contribution in [0, 0.1) is 5.92 Å². The van der Waals surface area contributed by atoms with Crippen molar-refractivity contribution in [3.05, 3.63) is 0 Å². The lowest BCUT2D eigenvalue weighted by Gasteiger charge is -2.25. The van der Waals surface area contributed by atoms with Crippen molar-refractivity contribution in [3.63, 3.8) is 0 Å². The highest BCUT2D eigenvalue weighted by Crippen LogP contribution is 2.31. The van der Waals surface area contributed by atoms with Crippen LogP contribution in [0.15, 0.2) is 0 Å². The minimum atomic E-state index is -4.63. The highest BCUT2D eigenvalue weighted by Gasteiger charge is 2.40. The van der Waals surface area contributed by atoms with Crippen molar-refractivity contribution < 1.29 is 21.8 Å². The number of halogens is 1. The number of carbonyl (C=O) groups excluding carboxylic acids is 1. The molecule has 0 bridgehead atoms. The third kappa shape index (κ3) is 2.43. The molecule has 0 radical (unpaired) electrons. The van der Waals surface area contributed by atoms with E-state index in [0.717, 1.165) is 6.42 Å². The fourth-order valence-electron chi connectivity index (χ4n) is 1.85. The van der Waals surface area contributed by atoms with Gasteiger partial charge in [-0.05, 0) is 12.8 Å². The van der Waals surface area contributed by atoms with Gasteiger partial charge in [0.1, 0.15) is 5.25 Å². The SMILES string of the molecule is COC(=O)[C@H]1CCCC[C@@H]1S(=O)(=O)F. The van der Waals surface area contributed by atoms with Gasteiger partial charge in [-0.15, -0.1) is 3.89 Å². The highest BCUT2D eigenvalue weighted by molar-refractivity contribution is 7.87. The first kappa shape index (κ1) is 11.4. The highest BCUT2D eigenvalue weighted by atomic mass is 32.3. The molecule has 1 rings (SSSR count). The molecule has 0 aromatic carbocycles. The number of esters is 1. The molecule has 0 saturated heterocycles. The summed E-state index contributed by atoms with van der Waals surface area (Å²) in [5.74, 6) is -1.46. The Kier molecular flexibility index (Phi) is 3.47. The first-order valence-electron chi connectivity index (χ1n) is 4.48. The van der Waals surface area contributed by atoms with E-state index in [-0.39, 0.29) is 6.42 Å². The average molecular weight is 224 g/mol. The van der Waals surface area contributed by atoms with E-state index in [1.165, 1.54) is 7.11 Å². The molecule has 6 heteroatoms. The van der Waals surface area contributed by atoms with Gasteiger partial charge in [0.05, 0.1) is 13.0 Å². The van der Waals surface area contributed by atoms with Gasteiger partial charge in [-0.2, -0.15) is 8.42 Å². The van der Waals surface area contributed by atoms with Crippen molar-refractivity contribution in [2.75, 3.05) is 7.11 Å². The van der Waals surface area contributed by atoms with Crippen LogP contribution < -0.4 is 0 Å². The summed E-state index contributed by atoms with van der Waals surface area (Å²) in [5, 5.41) is -1.20. The molecule has 1 aliphatic rings. The molecule has 0 unspecified atom stereocenters. The van der Waals surface area contributed by atoms with Gasteiger partial charge in [-0.1, -0.05) is 12.8 Å². The van der Waals surface area contributed by atoms with Crippen LogP contribution in [0.25, 0.3) is 0 Å². The third-order valence-corrected chi connectivity index (χ3v) is 3.86. The van der Waals surface area contributed by atoms with Crippen LogP contribution in [0.1, 0.15) is 25.7 Å². The smallest absolute Gasteiger partial charge is 0.310 e. The maximum atomic E-state index is 12.8. The minimum Gasteiger partial charge on any atom is -0.469 e. The summed E-state index contributed by atoms with van der Waals surface area (Å²) in [6.07, 6.45) is 1.98. The van der Waals surface area contributed by atoms with E-state index in [4.69, 9.17) is 0 Å². The van der Waals surface area contributed by atoms with E-state index in [0.29, 0.717) is 12.8 Å². The number of carbonyl (C=O) groups is 1. The molecule has 1 aliphatic carbocycles. The van der Waals surface area contributed by atoms with Crippen molar-refractivity contribution in [1.29, 1.82) is 0 Å². The zero-order valence-corrected chi connectivity index (χ0v) is 8.72. The van der Waals surface area contributed by atoms with Crippen molar-refractivity contribution in [2.45, 2.75) is 30.9 Å². The predicted molar refractivity (Wildman–Crippen MR) is 47.8 cm³/mol. The molecule has 0 amide bonds. The van der Waals surface area contributed by atoms with Gasteiger partial charge in [0.15, 0.2) is 0 Å². The molecular formula is C8H13FO4S. The van der Waals surface area contributed by atoms with Crippen molar-refractivity contribution in [2.24, 2.45) is 5.92 Å². The lowest BCUT2D eigenvalue weighted by atomic mass is 9.89. The van der Waals surface area contributed by atoms with Gasteiger partial charge in [-0.25, -0.2) is 0 Å². The van der Waals surface area contributed by atoms with Crippen LogP contribution in [-0.4, -0.2) is 26.7 Å². The monoisotopic (exact) mass is 224 g/mol. The minimum absolute atomic E-state index is 0.207. The van der Waals surface area contributed by atoms with Crippen molar-refractivity contribution in [3.8, 4) is 0 Å². The number of hydrogen-bond donors (Lipinski definition) is 0. The summed E-state index contributed by atoms with van der Waals surface area (Å²) >= 11 is 0. The van der Waals surface area contributed by atoms with Crippen molar-refractivity contribution >= 4 is 16.2 Å². The Hall–Kier alpha value is -0.650. The predicted octanol–water partition coefficient (Wildman–Crippen LogP) is 1.02. The Morgan fingerprint density at radius 2 is 1.93 bits per heavy atom. The first-order valence-corrected chi connectivity index (χ1v) is 5.93. The van der Waals surface area contributed by atoms with Crippen LogP contribution in [0.3, 0.4) is 0 Å². The van der Waals surface area contributed by atoms with Crippen LogP contribution in [0.4, 0.5) is 3.89 Å². The number of rotatable bonds is 2. The molecule has 4 nitrogen and oxygen atoms in total. The van der Waals surface area contributed by atoms with Gasteiger partial charge in [0.2, 0.25) is 0 Å². The Labute approximate surface area is 82.6 Å². The van der Waals surface area contributed by atoms with Gasteiger partial charge < -0.3 is 4.74 Å². The molecule has 0 heterocycles. The van der Waals surface area contributed by atoms with E-state index in [9.17, 15) is 17.1 Å². The zero-order chi connectivity index (χ0) is 10.8. The molecule has 1 saturated carbocycles. The van der Waals surface area contributed by atoms with Crippen molar-refractivity contribution in [1.82, 2.24) is 0 Å². The maximum absolute atomic E-state index is 12.8. The molecular weight excluding hydrogens is 211 g/mol. The van der Waals surface area contributed by atoms with Crippen LogP contribution >= 0.6 is 0 Å². The molecule has 2 atom stereocenters. The van der Waals surface area contributed by atoms with Gasteiger partial charge >= 0.3 is 16.2 Å². The zero-order valence-electron chi connectivity index (χ0n) is 7.90.